The van der Waals surface area contributed by atoms with Gasteiger partial charge in [-0.05, 0) is 31.0 Å². The monoisotopic (exact) mass is 333 g/mol. The van der Waals surface area contributed by atoms with Crippen molar-refractivity contribution < 1.29 is 5.11 Å². The van der Waals surface area contributed by atoms with Crippen molar-refractivity contribution in [2.75, 3.05) is 13.1 Å². The van der Waals surface area contributed by atoms with Crippen LogP contribution in [0.5, 0.6) is 0 Å². The molecule has 1 saturated heterocycles. The predicted octanol–water partition coefficient (Wildman–Crippen LogP) is 3.42. The van der Waals surface area contributed by atoms with Crippen LogP contribution in [0.4, 0.5) is 0 Å². The van der Waals surface area contributed by atoms with Crippen LogP contribution in [-0.2, 0) is 0 Å². The summed E-state index contributed by atoms with van der Waals surface area (Å²) in [6.07, 6.45) is 4.32. The molecule has 1 aliphatic heterocycles. The van der Waals surface area contributed by atoms with Crippen molar-refractivity contribution in [3.8, 4) is 22.5 Å². The summed E-state index contributed by atoms with van der Waals surface area (Å²) in [5, 5.41) is 13.6. The van der Waals surface area contributed by atoms with E-state index in [1.54, 1.807) is 0 Å². The van der Waals surface area contributed by atoms with Gasteiger partial charge in [0.15, 0.2) is 0 Å². The Bertz CT molecular complexity index is 854. The van der Waals surface area contributed by atoms with Gasteiger partial charge in [-0.25, -0.2) is 4.98 Å². The first-order chi connectivity index (χ1) is 12.2. The van der Waals surface area contributed by atoms with E-state index in [1.165, 1.54) is 16.7 Å². The molecule has 0 saturated carbocycles. The van der Waals surface area contributed by atoms with Gasteiger partial charge < -0.3 is 15.0 Å². The van der Waals surface area contributed by atoms with Crippen molar-refractivity contribution in [3.05, 3.63) is 66.5 Å². The zero-order valence-corrected chi connectivity index (χ0v) is 14.4. The molecule has 4 rings (SSSR count). The maximum Gasteiger partial charge on any atom is 0.140 e. The highest BCUT2D eigenvalue weighted by Gasteiger charge is 2.26. The zero-order valence-electron chi connectivity index (χ0n) is 14.4. The van der Waals surface area contributed by atoms with Crippen molar-refractivity contribution in [3.63, 3.8) is 0 Å². The summed E-state index contributed by atoms with van der Waals surface area (Å²) in [4.78, 5) is 4.54. The third-order valence-corrected chi connectivity index (χ3v) is 4.93. The van der Waals surface area contributed by atoms with E-state index in [0.29, 0.717) is 6.54 Å². The molecule has 2 aromatic carbocycles. The lowest BCUT2D eigenvalue weighted by atomic mass is 10.0. The number of benzene rings is 2. The Labute approximate surface area is 148 Å². The largest absolute Gasteiger partial charge is 0.390 e. The molecule has 25 heavy (non-hydrogen) atoms. The Kier molecular flexibility index (Phi) is 4.38. The van der Waals surface area contributed by atoms with E-state index in [2.05, 4.69) is 70.3 Å². The molecule has 1 fully saturated rings. The number of imidazole rings is 1. The highest BCUT2D eigenvalue weighted by Crippen LogP contribution is 2.28. The predicted molar refractivity (Wildman–Crippen MR) is 100 cm³/mol. The van der Waals surface area contributed by atoms with Crippen LogP contribution in [0.1, 0.15) is 18.0 Å². The first-order valence-corrected chi connectivity index (χ1v) is 8.81. The fourth-order valence-corrected chi connectivity index (χ4v) is 3.59. The van der Waals surface area contributed by atoms with Gasteiger partial charge in [0.05, 0.1) is 12.1 Å². The molecule has 4 nitrogen and oxygen atoms in total. The fourth-order valence-electron chi connectivity index (χ4n) is 3.59. The summed E-state index contributed by atoms with van der Waals surface area (Å²) in [5.41, 5.74) is 4.76. The molecule has 0 amide bonds. The molecule has 0 aliphatic carbocycles. The first kappa shape index (κ1) is 16.1. The number of β-amino-alcohol motifs (C(OH)–C–C–N with tert-alkyl or cyclic N) is 1. The van der Waals surface area contributed by atoms with Gasteiger partial charge in [-0.3, -0.25) is 0 Å². The zero-order chi connectivity index (χ0) is 17.2. The molecule has 3 aromatic rings. The number of piperidine rings is 1. The molecule has 128 valence electrons. The molecule has 0 unspecified atom stereocenters. The number of aliphatic hydroxyl groups is 1. The highest BCUT2D eigenvalue weighted by molar-refractivity contribution is 5.68. The van der Waals surface area contributed by atoms with E-state index in [0.717, 1.165) is 24.4 Å². The minimum atomic E-state index is -0.381. The summed E-state index contributed by atoms with van der Waals surface area (Å²) in [6, 6.07) is 17.1. The minimum Gasteiger partial charge on any atom is -0.390 e. The van der Waals surface area contributed by atoms with Crippen LogP contribution in [-0.4, -0.2) is 33.9 Å². The van der Waals surface area contributed by atoms with E-state index >= 15 is 0 Å². The molecular weight excluding hydrogens is 310 g/mol. The van der Waals surface area contributed by atoms with E-state index < -0.39 is 0 Å². The molecule has 2 atom stereocenters. The Balaban J connectivity index is 1.64. The van der Waals surface area contributed by atoms with E-state index in [4.69, 9.17) is 0 Å². The number of nitrogens with zero attached hydrogens (tertiary/aromatic N) is 2. The van der Waals surface area contributed by atoms with Crippen molar-refractivity contribution in [2.24, 2.45) is 0 Å². The van der Waals surface area contributed by atoms with Crippen molar-refractivity contribution in [2.45, 2.75) is 25.5 Å². The van der Waals surface area contributed by atoms with Crippen LogP contribution in [0.2, 0.25) is 0 Å². The van der Waals surface area contributed by atoms with Crippen molar-refractivity contribution in [1.82, 2.24) is 14.9 Å². The second-order valence-electron chi connectivity index (χ2n) is 6.73. The average Bonchev–Trinajstić information content (AvgIpc) is 3.12. The topological polar surface area (TPSA) is 50.1 Å². The van der Waals surface area contributed by atoms with Crippen molar-refractivity contribution in [1.29, 1.82) is 0 Å². The van der Waals surface area contributed by atoms with E-state index in [-0.39, 0.29) is 12.1 Å². The quantitative estimate of drug-likeness (QED) is 0.772. The number of aromatic nitrogens is 2. The van der Waals surface area contributed by atoms with Crippen LogP contribution >= 0.6 is 0 Å². The van der Waals surface area contributed by atoms with Gasteiger partial charge in [0.1, 0.15) is 5.82 Å². The van der Waals surface area contributed by atoms with Crippen LogP contribution in [0.25, 0.3) is 22.5 Å². The van der Waals surface area contributed by atoms with Gasteiger partial charge in [-0.15, -0.1) is 0 Å². The Morgan fingerprint density at radius 1 is 1.08 bits per heavy atom. The van der Waals surface area contributed by atoms with Crippen LogP contribution in [0.3, 0.4) is 0 Å². The number of nitrogens with one attached hydrogen (secondary N) is 1. The van der Waals surface area contributed by atoms with Crippen LogP contribution in [0.15, 0.2) is 60.9 Å². The summed E-state index contributed by atoms with van der Waals surface area (Å²) in [7, 11) is 0. The molecule has 4 heteroatoms. The molecule has 0 spiro atoms. The third kappa shape index (κ3) is 3.23. The highest BCUT2D eigenvalue weighted by atomic mass is 16.3. The Morgan fingerprint density at radius 3 is 2.64 bits per heavy atom. The van der Waals surface area contributed by atoms with Gasteiger partial charge in [0.25, 0.3) is 0 Å². The molecule has 0 bridgehead atoms. The molecule has 2 heterocycles. The fraction of sp³-hybridized carbons (Fsp3) is 0.286. The first-order valence-electron chi connectivity index (χ1n) is 8.81. The van der Waals surface area contributed by atoms with Crippen molar-refractivity contribution >= 4 is 0 Å². The molecule has 0 radical (unpaired) electrons. The van der Waals surface area contributed by atoms with Crippen LogP contribution < -0.4 is 5.32 Å². The van der Waals surface area contributed by atoms with Gasteiger partial charge in [-0.1, -0.05) is 54.1 Å². The summed E-state index contributed by atoms with van der Waals surface area (Å²) < 4.78 is 2.12. The van der Waals surface area contributed by atoms with E-state index in [9.17, 15) is 5.11 Å². The second-order valence-corrected chi connectivity index (χ2v) is 6.73. The number of hydrogen-bond donors (Lipinski definition) is 2. The van der Waals surface area contributed by atoms with Gasteiger partial charge >= 0.3 is 0 Å². The molecular formula is C21H23N3O. The minimum absolute atomic E-state index is 0.0789. The lowest BCUT2D eigenvalue weighted by molar-refractivity contribution is 0.0880. The number of rotatable bonds is 3. The summed E-state index contributed by atoms with van der Waals surface area (Å²) in [6.45, 7) is 3.67. The van der Waals surface area contributed by atoms with Gasteiger partial charge in [0.2, 0.25) is 0 Å². The maximum absolute atomic E-state index is 10.3. The summed E-state index contributed by atoms with van der Waals surface area (Å²) in [5.74, 6) is 0.918. The molecule has 2 N–H and O–H groups in total. The normalized spacial score (nSPS) is 20.6. The number of aryl methyl sites for hydroxylation is 1. The lowest BCUT2D eigenvalue weighted by Gasteiger charge is -2.30. The van der Waals surface area contributed by atoms with Gasteiger partial charge in [-0.2, -0.15) is 0 Å². The molecule has 1 aromatic heterocycles. The Morgan fingerprint density at radius 2 is 1.88 bits per heavy atom. The SMILES string of the molecule is Cc1cccc(-c2ccc(-c3nccn3[C@H]3CCNC[C@@H]3O)cc2)c1. The Hall–Kier alpha value is -2.43. The average molecular weight is 333 g/mol. The number of hydrogen-bond acceptors (Lipinski definition) is 3. The maximum atomic E-state index is 10.3. The van der Waals surface area contributed by atoms with Crippen LogP contribution in [0, 0.1) is 6.92 Å². The molecule has 1 aliphatic rings. The standard InChI is InChI=1S/C21H23N3O/c1-15-3-2-4-18(13-15)16-5-7-17(8-6-16)21-23-11-12-24(21)19-9-10-22-14-20(19)25/h2-8,11-13,19-20,22,25H,9-10,14H2,1H3/t19-,20-/m0/s1. The van der Waals surface area contributed by atoms with Gasteiger partial charge in [0, 0.05) is 24.5 Å². The smallest absolute Gasteiger partial charge is 0.140 e. The van der Waals surface area contributed by atoms with E-state index in [1.807, 2.05) is 12.4 Å². The summed E-state index contributed by atoms with van der Waals surface area (Å²) >= 11 is 0. The second kappa shape index (κ2) is 6.82. The third-order valence-electron chi connectivity index (χ3n) is 4.93. The lowest BCUT2D eigenvalue weighted by Crippen LogP contribution is -2.41. The number of aliphatic hydroxyl groups excluding tert-OH is 1.